The molecular weight excluding hydrogens is 176 g/mol. The Morgan fingerprint density at radius 3 is 2.93 bits per heavy atom. The van der Waals surface area contributed by atoms with Crippen LogP contribution in [0, 0.1) is 0 Å². The zero-order valence-corrected chi connectivity index (χ0v) is 7.60. The lowest BCUT2D eigenvalue weighted by molar-refractivity contribution is 0.112. The van der Waals surface area contributed by atoms with E-state index in [4.69, 9.17) is 0 Å². The number of fused-ring (bicyclic) bond motifs is 1. The highest BCUT2D eigenvalue weighted by atomic mass is 16.3. The van der Waals surface area contributed by atoms with Crippen molar-refractivity contribution < 1.29 is 9.90 Å². The molecule has 0 amide bonds. The first-order chi connectivity index (χ1) is 6.83. The Morgan fingerprint density at radius 2 is 2.14 bits per heavy atom. The summed E-state index contributed by atoms with van der Waals surface area (Å²) < 4.78 is 0. The molecule has 0 aliphatic heterocycles. The fraction of sp³-hybridized carbons (Fsp3) is 0.0833. The summed E-state index contributed by atoms with van der Waals surface area (Å²) in [7, 11) is 0. The van der Waals surface area contributed by atoms with Gasteiger partial charge in [-0.2, -0.15) is 0 Å². The van der Waals surface area contributed by atoms with Crippen molar-refractivity contribution in [2.24, 2.45) is 0 Å². The van der Waals surface area contributed by atoms with Gasteiger partial charge in [0.05, 0.1) is 0 Å². The van der Waals surface area contributed by atoms with Crippen LogP contribution in [0.5, 0.6) is 5.75 Å². The fourth-order valence-corrected chi connectivity index (χ4v) is 1.60. The Hall–Kier alpha value is -1.83. The summed E-state index contributed by atoms with van der Waals surface area (Å²) in [6, 6.07) is 3.20. The van der Waals surface area contributed by atoms with Gasteiger partial charge in [0.15, 0.2) is 6.29 Å². The van der Waals surface area contributed by atoms with Crippen molar-refractivity contribution in [2.45, 2.75) is 6.42 Å². The van der Waals surface area contributed by atoms with Gasteiger partial charge in [-0.25, -0.2) is 0 Å². The third-order valence-electron chi connectivity index (χ3n) is 2.33. The molecule has 0 fully saturated rings. The van der Waals surface area contributed by atoms with Crippen LogP contribution < -0.4 is 0 Å². The molecule has 2 heteroatoms. The maximum absolute atomic E-state index is 10.8. The molecular formula is C12H10O2. The summed E-state index contributed by atoms with van der Waals surface area (Å²) >= 11 is 0. The molecule has 0 aromatic heterocycles. The number of hydrogen-bond acceptors (Lipinski definition) is 2. The molecule has 1 aliphatic carbocycles. The average Bonchev–Trinajstić information content (AvgIpc) is 2.44. The fourth-order valence-electron chi connectivity index (χ4n) is 1.60. The van der Waals surface area contributed by atoms with Gasteiger partial charge in [-0.05, 0) is 24.1 Å². The maximum atomic E-state index is 10.8. The van der Waals surface area contributed by atoms with Gasteiger partial charge in [-0.15, -0.1) is 0 Å². The first-order valence-corrected chi connectivity index (χ1v) is 4.46. The molecule has 1 aliphatic rings. The topological polar surface area (TPSA) is 37.3 Å². The Bertz CT molecular complexity index is 428. The molecule has 2 rings (SSSR count). The van der Waals surface area contributed by atoms with Gasteiger partial charge in [0.1, 0.15) is 5.75 Å². The van der Waals surface area contributed by atoms with E-state index in [1.54, 1.807) is 12.1 Å². The molecule has 0 saturated carbocycles. The molecule has 2 nitrogen and oxygen atoms in total. The van der Waals surface area contributed by atoms with E-state index in [-0.39, 0.29) is 5.75 Å². The molecule has 0 atom stereocenters. The second-order valence-electron chi connectivity index (χ2n) is 3.18. The van der Waals surface area contributed by atoms with Crippen molar-refractivity contribution in [3.05, 3.63) is 47.1 Å². The SMILES string of the molecule is O=Cc1ccc(O)c2c1C=CC=CC2. The molecule has 1 aromatic carbocycles. The predicted molar refractivity (Wildman–Crippen MR) is 55.4 cm³/mol. The lowest BCUT2D eigenvalue weighted by atomic mass is 9.99. The standard InChI is InChI=1S/C12H10O2/c13-8-9-6-7-12(14)11-5-3-1-2-4-10(9)11/h1-4,6-8,14H,5H2. The van der Waals surface area contributed by atoms with Gasteiger partial charge in [0.25, 0.3) is 0 Å². The van der Waals surface area contributed by atoms with Crippen molar-refractivity contribution >= 4 is 12.4 Å². The number of aldehydes is 1. The summed E-state index contributed by atoms with van der Waals surface area (Å²) in [5.74, 6) is 0.252. The van der Waals surface area contributed by atoms with Crippen molar-refractivity contribution in [2.75, 3.05) is 0 Å². The number of carbonyl (C=O) groups excluding carboxylic acids is 1. The lowest BCUT2D eigenvalue weighted by Crippen LogP contribution is -1.93. The first-order valence-electron chi connectivity index (χ1n) is 4.46. The number of carbonyl (C=O) groups is 1. The summed E-state index contributed by atoms with van der Waals surface area (Å²) in [5.41, 5.74) is 2.27. The average molecular weight is 186 g/mol. The van der Waals surface area contributed by atoms with Gasteiger partial charge in [0.2, 0.25) is 0 Å². The third kappa shape index (κ3) is 1.35. The molecule has 1 aromatic rings. The maximum Gasteiger partial charge on any atom is 0.150 e. The smallest absolute Gasteiger partial charge is 0.150 e. The van der Waals surface area contributed by atoms with Gasteiger partial charge in [-0.1, -0.05) is 24.3 Å². The molecule has 0 saturated heterocycles. The highest BCUT2D eigenvalue weighted by Crippen LogP contribution is 2.27. The van der Waals surface area contributed by atoms with Crippen LogP contribution >= 0.6 is 0 Å². The quantitative estimate of drug-likeness (QED) is 0.683. The van der Waals surface area contributed by atoms with Crippen LogP contribution in [0.15, 0.2) is 30.4 Å². The van der Waals surface area contributed by atoms with Crippen LogP contribution in [0.4, 0.5) is 0 Å². The zero-order chi connectivity index (χ0) is 9.97. The van der Waals surface area contributed by atoms with Crippen LogP contribution in [-0.2, 0) is 6.42 Å². The Balaban J connectivity index is 2.68. The number of rotatable bonds is 1. The van der Waals surface area contributed by atoms with E-state index in [9.17, 15) is 9.90 Å². The zero-order valence-electron chi connectivity index (χ0n) is 7.60. The first kappa shape index (κ1) is 8.75. The van der Waals surface area contributed by atoms with E-state index in [1.807, 2.05) is 24.3 Å². The van der Waals surface area contributed by atoms with Crippen LogP contribution in [0.1, 0.15) is 21.5 Å². The van der Waals surface area contributed by atoms with E-state index in [1.165, 1.54) is 0 Å². The molecule has 0 heterocycles. The Morgan fingerprint density at radius 1 is 1.29 bits per heavy atom. The largest absolute Gasteiger partial charge is 0.508 e. The van der Waals surface area contributed by atoms with Crippen LogP contribution in [0.3, 0.4) is 0 Å². The van der Waals surface area contributed by atoms with Gasteiger partial charge < -0.3 is 5.11 Å². The van der Waals surface area contributed by atoms with Crippen LogP contribution in [0.25, 0.3) is 6.08 Å². The normalized spacial score (nSPS) is 13.4. The molecule has 0 bridgehead atoms. The monoisotopic (exact) mass is 186 g/mol. The number of hydrogen-bond donors (Lipinski definition) is 1. The summed E-state index contributed by atoms with van der Waals surface area (Å²) in [5, 5.41) is 9.62. The van der Waals surface area contributed by atoms with E-state index < -0.39 is 0 Å². The minimum Gasteiger partial charge on any atom is -0.508 e. The molecule has 14 heavy (non-hydrogen) atoms. The van der Waals surface area contributed by atoms with Crippen molar-refractivity contribution in [3.63, 3.8) is 0 Å². The minimum absolute atomic E-state index is 0.252. The van der Waals surface area contributed by atoms with Crippen LogP contribution in [-0.4, -0.2) is 11.4 Å². The van der Waals surface area contributed by atoms with E-state index in [0.717, 1.165) is 17.4 Å². The van der Waals surface area contributed by atoms with Crippen molar-refractivity contribution in [3.8, 4) is 5.75 Å². The number of allylic oxidation sites excluding steroid dienone is 3. The van der Waals surface area contributed by atoms with Crippen molar-refractivity contribution in [1.29, 1.82) is 0 Å². The predicted octanol–water partition coefficient (Wildman–Crippen LogP) is 2.33. The second-order valence-corrected chi connectivity index (χ2v) is 3.18. The summed E-state index contributed by atoms with van der Waals surface area (Å²) in [6.45, 7) is 0. The van der Waals surface area contributed by atoms with Gasteiger partial charge in [0, 0.05) is 11.1 Å². The second kappa shape index (κ2) is 3.50. The van der Waals surface area contributed by atoms with Gasteiger partial charge >= 0.3 is 0 Å². The third-order valence-corrected chi connectivity index (χ3v) is 2.33. The molecule has 0 spiro atoms. The van der Waals surface area contributed by atoms with Crippen LogP contribution in [0.2, 0.25) is 0 Å². The van der Waals surface area contributed by atoms with Crippen molar-refractivity contribution in [1.82, 2.24) is 0 Å². The number of benzene rings is 1. The van der Waals surface area contributed by atoms with E-state index in [0.29, 0.717) is 12.0 Å². The summed E-state index contributed by atoms with van der Waals surface area (Å²) in [4.78, 5) is 10.8. The summed E-state index contributed by atoms with van der Waals surface area (Å²) in [6.07, 6.45) is 9.06. The van der Waals surface area contributed by atoms with E-state index >= 15 is 0 Å². The molecule has 1 N–H and O–H groups in total. The highest BCUT2D eigenvalue weighted by molar-refractivity contribution is 5.84. The Labute approximate surface area is 82.2 Å². The number of aromatic hydroxyl groups is 1. The number of phenols is 1. The van der Waals surface area contributed by atoms with Gasteiger partial charge in [-0.3, -0.25) is 4.79 Å². The molecule has 70 valence electrons. The number of phenolic OH excluding ortho intramolecular Hbond substituents is 1. The minimum atomic E-state index is 0.252. The molecule has 0 unspecified atom stereocenters. The highest BCUT2D eigenvalue weighted by Gasteiger charge is 2.10. The Kier molecular flexibility index (Phi) is 2.19. The molecule has 0 radical (unpaired) electrons. The lowest BCUT2D eigenvalue weighted by Gasteiger charge is -2.07. The van der Waals surface area contributed by atoms with E-state index in [2.05, 4.69) is 0 Å².